The van der Waals surface area contributed by atoms with Crippen LogP contribution >= 0.6 is 34.5 Å². The summed E-state index contributed by atoms with van der Waals surface area (Å²) in [6.07, 6.45) is 4.02. The van der Waals surface area contributed by atoms with Gasteiger partial charge in [0.1, 0.15) is 12.4 Å². The molecular weight excluding hydrogens is 475 g/mol. The summed E-state index contributed by atoms with van der Waals surface area (Å²) in [5, 5.41) is 3.37. The summed E-state index contributed by atoms with van der Waals surface area (Å²) >= 11 is 14.1. The number of halogens is 2. The standard InChI is InChI=1S/C26H26Cl2N2O2S/c1-2-6-20-7-3-4-10-24(20)32-17-19-15-25(33-18-19)26(31)30-13-11-29(12-14-30)16-21-22(27)8-5-9-23(21)28/h2-10,15,18H,11-14,16-17H2,1H3/b6-2+. The Balaban J connectivity index is 1.31. The molecule has 0 N–H and O–H groups in total. The highest BCUT2D eigenvalue weighted by molar-refractivity contribution is 7.12. The van der Waals surface area contributed by atoms with Crippen LogP contribution in [-0.4, -0.2) is 41.9 Å². The first-order valence-corrected chi connectivity index (χ1v) is 12.5. The molecule has 1 fully saturated rings. The zero-order valence-corrected chi connectivity index (χ0v) is 20.8. The maximum Gasteiger partial charge on any atom is 0.264 e. The zero-order chi connectivity index (χ0) is 23.2. The van der Waals surface area contributed by atoms with Crippen molar-refractivity contribution < 1.29 is 9.53 Å². The van der Waals surface area contributed by atoms with Crippen LogP contribution in [-0.2, 0) is 13.2 Å². The van der Waals surface area contributed by atoms with Gasteiger partial charge in [-0.2, -0.15) is 0 Å². The second-order valence-electron chi connectivity index (χ2n) is 7.91. The van der Waals surface area contributed by atoms with Crippen LogP contribution in [0.4, 0.5) is 0 Å². The van der Waals surface area contributed by atoms with Gasteiger partial charge in [-0.3, -0.25) is 9.69 Å². The first-order valence-electron chi connectivity index (χ1n) is 10.9. The first-order chi connectivity index (χ1) is 16.0. The van der Waals surface area contributed by atoms with Crippen molar-refractivity contribution in [3.8, 4) is 5.75 Å². The second-order valence-corrected chi connectivity index (χ2v) is 9.64. The molecule has 1 aromatic heterocycles. The number of carbonyl (C=O) groups is 1. The molecule has 0 radical (unpaired) electrons. The SMILES string of the molecule is C/C=C/c1ccccc1OCc1csc(C(=O)N2CCN(Cc3c(Cl)cccc3Cl)CC2)c1. The van der Waals surface area contributed by atoms with Crippen LogP contribution in [0.25, 0.3) is 6.08 Å². The predicted octanol–water partition coefficient (Wildman–Crippen LogP) is 6.63. The highest BCUT2D eigenvalue weighted by atomic mass is 35.5. The molecule has 1 saturated heterocycles. The predicted molar refractivity (Wildman–Crippen MR) is 137 cm³/mol. The molecule has 0 spiro atoms. The van der Waals surface area contributed by atoms with Crippen molar-refractivity contribution in [2.45, 2.75) is 20.1 Å². The molecule has 4 rings (SSSR count). The maximum absolute atomic E-state index is 13.0. The molecule has 0 aliphatic carbocycles. The van der Waals surface area contributed by atoms with Crippen molar-refractivity contribution in [2.24, 2.45) is 0 Å². The number of nitrogens with zero attached hydrogens (tertiary/aromatic N) is 2. The van der Waals surface area contributed by atoms with Crippen LogP contribution in [0.15, 0.2) is 60.0 Å². The van der Waals surface area contributed by atoms with Crippen molar-refractivity contribution in [2.75, 3.05) is 26.2 Å². The third-order valence-corrected chi connectivity index (χ3v) is 7.30. The summed E-state index contributed by atoms with van der Waals surface area (Å²) < 4.78 is 6.01. The number of hydrogen-bond acceptors (Lipinski definition) is 4. The largest absolute Gasteiger partial charge is 0.488 e. The minimum absolute atomic E-state index is 0.0796. The molecule has 1 aliphatic heterocycles. The van der Waals surface area contributed by atoms with Crippen LogP contribution in [0.5, 0.6) is 5.75 Å². The minimum Gasteiger partial charge on any atom is -0.488 e. The first kappa shape index (κ1) is 23.8. The van der Waals surface area contributed by atoms with E-state index in [4.69, 9.17) is 27.9 Å². The Kier molecular flexibility index (Phi) is 8.10. The maximum atomic E-state index is 13.0. The number of amides is 1. The number of piperazine rings is 1. The molecule has 7 heteroatoms. The molecule has 172 valence electrons. The molecule has 2 aromatic carbocycles. The van der Waals surface area contributed by atoms with E-state index in [1.807, 2.05) is 77.9 Å². The molecule has 0 saturated carbocycles. The fraction of sp³-hybridized carbons (Fsp3) is 0.269. The highest BCUT2D eigenvalue weighted by Crippen LogP contribution is 2.27. The van der Waals surface area contributed by atoms with E-state index in [1.54, 1.807) is 0 Å². The van der Waals surface area contributed by atoms with E-state index in [9.17, 15) is 4.79 Å². The van der Waals surface area contributed by atoms with Crippen LogP contribution in [0.3, 0.4) is 0 Å². The quantitative estimate of drug-likeness (QED) is 0.365. The van der Waals surface area contributed by atoms with Crippen LogP contribution < -0.4 is 4.74 Å². The average molecular weight is 501 g/mol. The van der Waals surface area contributed by atoms with Crippen LogP contribution in [0.1, 0.15) is 33.3 Å². The van der Waals surface area contributed by atoms with Gasteiger partial charge in [0, 0.05) is 59.5 Å². The van der Waals surface area contributed by atoms with Gasteiger partial charge in [-0.25, -0.2) is 0 Å². The molecule has 1 amide bonds. The van der Waals surface area contributed by atoms with Crippen molar-refractivity contribution in [1.82, 2.24) is 9.80 Å². The monoisotopic (exact) mass is 500 g/mol. The van der Waals surface area contributed by atoms with Crippen molar-refractivity contribution >= 4 is 46.5 Å². The van der Waals surface area contributed by atoms with Crippen molar-refractivity contribution in [3.05, 3.63) is 91.6 Å². The molecule has 33 heavy (non-hydrogen) atoms. The summed E-state index contributed by atoms with van der Waals surface area (Å²) in [7, 11) is 0. The second kappa shape index (κ2) is 11.2. The third-order valence-electron chi connectivity index (χ3n) is 5.63. The lowest BCUT2D eigenvalue weighted by atomic mass is 10.2. The fourth-order valence-electron chi connectivity index (χ4n) is 3.83. The van der Waals surface area contributed by atoms with Gasteiger partial charge < -0.3 is 9.64 Å². The Hall–Kier alpha value is -2.31. The normalized spacial score (nSPS) is 14.7. The van der Waals surface area contributed by atoms with Gasteiger partial charge in [0.05, 0.1) is 4.88 Å². The summed E-state index contributed by atoms with van der Waals surface area (Å²) in [5.41, 5.74) is 2.99. The van der Waals surface area contributed by atoms with Crippen molar-refractivity contribution in [1.29, 1.82) is 0 Å². The number of allylic oxidation sites excluding steroid dienone is 1. The van der Waals surface area contributed by atoms with Gasteiger partial charge in [-0.05, 0) is 36.6 Å². The third kappa shape index (κ3) is 5.98. The average Bonchev–Trinajstić information content (AvgIpc) is 3.30. The van der Waals surface area contributed by atoms with Gasteiger partial charge in [0.25, 0.3) is 5.91 Å². The lowest BCUT2D eigenvalue weighted by Gasteiger charge is -2.34. The highest BCUT2D eigenvalue weighted by Gasteiger charge is 2.24. The molecule has 3 aromatic rings. The number of benzene rings is 2. The Morgan fingerprint density at radius 2 is 1.79 bits per heavy atom. The topological polar surface area (TPSA) is 32.8 Å². The van der Waals surface area contributed by atoms with Crippen LogP contribution in [0.2, 0.25) is 10.0 Å². The molecule has 1 aliphatic rings. The fourth-order valence-corrected chi connectivity index (χ4v) is 5.21. The van der Waals surface area contributed by atoms with Gasteiger partial charge in [0.15, 0.2) is 0 Å². The minimum atomic E-state index is 0.0796. The number of thiophene rings is 1. The number of hydrogen-bond donors (Lipinski definition) is 0. The lowest BCUT2D eigenvalue weighted by molar-refractivity contribution is 0.0633. The van der Waals surface area contributed by atoms with E-state index in [-0.39, 0.29) is 5.91 Å². The molecule has 2 heterocycles. The molecule has 0 bridgehead atoms. The summed E-state index contributed by atoms with van der Waals surface area (Å²) in [6, 6.07) is 15.5. The lowest BCUT2D eigenvalue weighted by Crippen LogP contribution is -2.48. The van der Waals surface area contributed by atoms with E-state index < -0.39 is 0 Å². The zero-order valence-electron chi connectivity index (χ0n) is 18.5. The summed E-state index contributed by atoms with van der Waals surface area (Å²) in [4.78, 5) is 18.0. The Morgan fingerprint density at radius 1 is 1.06 bits per heavy atom. The number of ether oxygens (including phenoxy) is 1. The van der Waals surface area contributed by atoms with E-state index in [0.29, 0.717) is 36.3 Å². The van der Waals surface area contributed by atoms with E-state index >= 15 is 0 Å². The van der Waals surface area contributed by atoms with E-state index in [2.05, 4.69) is 4.90 Å². The van der Waals surface area contributed by atoms with Crippen LogP contribution in [0, 0.1) is 0 Å². The molecular formula is C26H26Cl2N2O2S. The summed E-state index contributed by atoms with van der Waals surface area (Å²) in [5.74, 6) is 0.917. The van der Waals surface area contributed by atoms with Gasteiger partial charge in [0.2, 0.25) is 0 Å². The number of carbonyl (C=O) groups excluding carboxylic acids is 1. The van der Waals surface area contributed by atoms with Gasteiger partial charge in [-0.15, -0.1) is 11.3 Å². The Morgan fingerprint density at radius 3 is 2.52 bits per heavy atom. The van der Waals surface area contributed by atoms with E-state index in [0.717, 1.165) is 40.4 Å². The molecule has 0 atom stereocenters. The van der Waals surface area contributed by atoms with Gasteiger partial charge >= 0.3 is 0 Å². The molecule has 4 nitrogen and oxygen atoms in total. The summed E-state index contributed by atoms with van der Waals surface area (Å²) in [6.45, 7) is 6.05. The smallest absolute Gasteiger partial charge is 0.264 e. The Bertz CT molecular complexity index is 1120. The van der Waals surface area contributed by atoms with E-state index in [1.165, 1.54) is 11.3 Å². The van der Waals surface area contributed by atoms with Gasteiger partial charge in [-0.1, -0.05) is 59.6 Å². The Labute approximate surface area is 209 Å². The number of rotatable bonds is 7. The molecule has 0 unspecified atom stereocenters. The number of para-hydroxylation sites is 1. The van der Waals surface area contributed by atoms with Crippen molar-refractivity contribution in [3.63, 3.8) is 0 Å².